The number of benzene rings is 1. The van der Waals surface area contributed by atoms with E-state index in [1.165, 1.54) is 6.26 Å². The molecule has 0 spiro atoms. The van der Waals surface area contributed by atoms with Gasteiger partial charge in [0.05, 0.1) is 11.8 Å². The van der Waals surface area contributed by atoms with Crippen LogP contribution in [0.4, 0.5) is 0 Å². The summed E-state index contributed by atoms with van der Waals surface area (Å²) in [7, 11) is 1.94. The van der Waals surface area contributed by atoms with Gasteiger partial charge >= 0.3 is 5.97 Å². The lowest BCUT2D eigenvalue weighted by molar-refractivity contribution is 0.0423. The Labute approximate surface area is 105 Å². The van der Waals surface area contributed by atoms with Crippen LogP contribution in [-0.4, -0.2) is 23.8 Å². The average Bonchev–Trinajstić information content (AvgIpc) is 2.76. The van der Waals surface area contributed by atoms with Crippen molar-refractivity contribution in [2.45, 2.75) is 0 Å². The Kier molecular flexibility index (Phi) is 3.67. The Hall–Kier alpha value is -2.23. The number of fused-ring (bicyclic) bond motifs is 1. The van der Waals surface area contributed by atoms with Gasteiger partial charge in [0, 0.05) is 24.1 Å². The van der Waals surface area contributed by atoms with Crippen molar-refractivity contribution in [2.24, 2.45) is 7.05 Å². The molecule has 0 N–H and O–H groups in total. The summed E-state index contributed by atoms with van der Waals surface area (Å²) in [5, 5.41) is 0.898. The Balaban J connectivity index is 2.15. The van der Waals surface area contributed by atoms with E-state index in [9.17, 15) is 4.79 Å². The van der Waals surface area contributed by atoms with Crippen LogP contribution in [0, 0.1) is 0 Å². The second-order valence-corrected chi connectivity index (χ2v) is 3.84. The second-order valence-electron chi connectivity index (χ2n) is 3.84. The smallest absolute Gasteiger partial charge is 0.338 e. The van der Waals surface area contributed by atoms with E-state index >= 15 is 0 Å². The first-order valence-corrected chi connectivity index (χ1v) is 5.67. The first-order valence-electron chi connectivity index (χ1n) is 5.67. The first kappa shape index (κ1) is 12.2. The number of esters is 1. The Bertz CT molecular complexity index is 571. The van der Waals surface area contributed by atoms with Crippen LogP contribution in [0.2, 0.25) is 0 Å². The monoisotopic (exact) mass is 245 g/mol. The zero-order valence-corrected chi connectivity index (χ0v) is 10.3. The van der Waals surface area contributed by atoms with E-state index < -0.39 is 0 Å². The summed E-state index contributed by atoms with van der Waals surface area (Å²) in [6.45, 7) is 3.95. The predicted molar refractivity (Wildman–Crippen MR) is 69.4 cm³/mol. The quantitative estimate of drug-likeness (QED) is 0.461. The van der Waals surface area contributed by atoms with Crippen molar-refractivity contribution < 1.29 is 14.3 Å². The van der Waals surface area contributed by atoms with Crippen LogP contribution in [-0.2, 0) is 16.5 Å². The van der Waals surface area contributed by atoms with Crippen molar-refractivity contribution in [1.29, 1.82) is 0 Å². The zero-order valence-electron chi connectivity index (χ0n) is 10.3. The third-order valence-corrected chi connectivity index (χ3v) is 2.70. The Morgan fingerprint density at radius 2 is 2.22 bits per heavy atom. The number of nitrogens with zero attached hydrogens (tertiary/aromatic N) is 1. The fourth-order valence-corrected chi connectivity index (χ4v) is 1.82. The highest BCUT2D eigenvalue weighted by Crippen LogP contribution is 2.20. The molecular formula is C14H15NO3. The SMILES string of the molecule is C=COCCOC(=O)c1cccc2c1ccn2C. The molecule has 2 rings (SSSR count). The number of carbonyl (C=O) groups excluding carboxylic acids is 1. The number of aromatic nitrogens is 1. The maximum absolute atomic E-state index is 11.9. The van der Waals surface area contributed by atoms with Gasteiger partial charge in [-0.2, -0.15) is 0 Å². The highest BCUT2D eigenvalue weighted by Gasteiger charge is 2.12. The van der Waals surface area contributed by atoms with Gasteiger partial charge < -0.3 is 14.0 Å². The molecule has 2 aromatic rings. The topological polar surface area (TPSA) is 40.5 Å². The number of rotatable bonds is 5. The summed E-state index contributed by atoms with van der Waals surface area (Å²) in [6, 6.07) is 7.48. The van der Waals surface area contributed by atoms with Gasteiger partial charge in [0.1, 0.15) is 13.2 Å². The highest BCUT2D eigenvalue weighted by atomic mass is 16.6. The first-order chi connectivity index (χ1) is 8.74. The number of hydrogen-bond donors (Lipinski definition) is 0. The van der Waals surface area contributed by atoms with Crippen molar-refractivity contribution in [3.63, 3.8) is 0 Å². The maximum atomic E-state index is 11.9. The third-order valence-electron chi connectivity index (χ3n) is 2.70. The molecule has 4 nitrogen and oxygen atoms in total. The van der Waals surface area contributed by atoms with Gasteiger partial charge in [-0.25, -0.2) is 4.79 Å². The standard InChI is InChI=1S/C14H15NO3/c1-3-17-9-10-18-14(16)12-5-4-6-13-11(12)7-8-15(13)2/h3-8H,1,9-10H2,2H3. The molecule has 0 radical (unpaired) electrons. The van der Waals surface area contributed by atoms with Gasteiger partial charge in [-0.3, -0.25) is 0 Å². The fraction of sp³-hybridized carbons (Fsp3) is 0.214. The molecule has 0 atom stereocenters. The van der Waals surface area contributed by atoms with Crippen LogP contribution < -0.4 is 0 Å². The number of aryl methyl sites for hydroxylation is 1. The lowest BCUT2D eigenvalue weighted by atomic mass is 10.1. The molecule has 0 saturated carbocycles. The van der Waals surface area contributed by atoms with E-state index in [1.54, 1.807) is 6.07 Å². The van der Waals surface area contributed by atoms with E-state index in [0.717, 1.165) is 10.9 Å². The summed E-state index contributed by atoms with van der Waals surface area (Å²) in [5.41, 5.74) is 1.58. The van der Waals surface area contributed by atoms with Gasteiger partial charge in [-0.05, 0) is 18.2 Å². The molecule has 1 aromatic heterocycles. The second kappa shape index (κ2) is 5.40. The van der Waals surface area contributed by atoms with Gasteiger partial charge in [0.25, 0.3) is 0 Å². The number of hydrogen-bond acceptors (Lipinski definition) is 3. The van der Waals surface area contributed by atoms with Crippen LogP contribution in [0.3, 0.4) is 0 Å². The molecule has 0 aliphatic carbocycles. The summed E-state index contributed by atoms with van der Waals surface area (Å²) in [5.74, 6) is -0.334. The van der Waals surface area contributed by atoms with Crippen molar-refractivity contribution in [3.05, 3.63) is 48.9 Å². The average molecular weight is 245 g/mol. The predicted octanol–water partition coefficient (Wildman–Crippen LogP) is 2.50. The van der Waals surface area contributed by atoms with E-state index in [4.69, 9.17) is 9.47 Å². The molecule has 0 aliphatic heterocycles. The molecule has 0 fully saturated rings. The minimum Gasteiger partial charge on any atom is -0.498 e. The molecule has 1 heterocycles. The summed E-state index contributed by atoms with van der Waals surface area (Å²) < 4.78 is 12.0. The van der Waals surface area contributed by atoms with Crippen LogP contribution >= 0.6 is 0 Å². The maximum Gasteiger partial charge on any atom is 0.338 e. The van der Waals surface area contributed by atoms with Gasteiger partial charge in [-0.1, -0.05) is 12.6 Å². The largest absolute Gasteiger partial charge is 0.498 e. The normalized spacial score (nSPS) is 10.3. The molecule has 0 aliphatic rings. The zero-order chi connectivity index (χ0) is 13.0. The third kappa shape index (κ3) is 2.37. The van der Waals surface area contributed by atoms with Crippen LogP contribution in [0.5, 0.6) is 0 Å². The molecular weight excluding hydrogens is 230 g/mol. The fourth-order valence-electron chi connectivity index (χ4n) is 1.82. The molecule has 0 bridgehead atoms. The molecule has 1 aromatic carbocycles. The van der Waals surface area contributed by atoms with Gasteiger partial charge in [0.15, 0.2) is 0 Å². The molecule has 4 heteroatoms. The van der Waals surface area contributed by atoms with Gasteiger partial charge in [-0.15, -0.1) is 0 Å². The van der Waals surface area contributed by atoms with E-state index in [1.807, 2.05) is 36.0 Å². The lowest BCUT2D eigenvalue weighted by Gasteiger charge is -2.06. The van der Waals surface area contributed by atoms with E-state index in [0.29, 0.717) is 12.2 Å². The Morgan fingerprint density at radius 3 is 3.00 bits per heavy atom. The molecule has 0 saturated heterocycles. The van der Waals surface area contributed by atoms with Crippen molar-refractivity contribution in [2.75, 3.05) is 13.2 Å². The van der Waals surface area contributed by atoms with Crippen molar-refractivity contribution >= 4 is 16.9 Å². The molecule has 0 amide bonds. The lowest BCUT2D eigenvalue weighted by Crippen LogP contribution is -2.10. The van der Waals surface area contributed by atoms with Gasteiger partial charge in [0.2, 0.25) is 0 Å². The van der Waals surface area contributed by atoms with Crippen LogP contribution in [0.1, 0.15) is 10.4 Å². The van der Waals surface area contributed by atoms with Crippen LogP contribution in [0.15, 0.2) is 43.3 Å². The van der Waals surface area contributed by atoms with E-state index in [2.05, 4.69) is 6.58 Å². The summed E-state index contributed by atoms with van der Waals surface area (Å²) in [4.78, 5) is 11.9. The minimum atomic E-state index is -0.334. The van der Waals surface area contributed by atoms with Crippen LogP contribution in [0.25, 0.3) is 10.9 Å². The van der Waals surface area contributed by atoms with Crippen molar-refractivity contribution in [1.82, 2.24) is 4.57 Å². The molecule has 0 unspecified atom stereocenters. The summed E-state index contributed by atoms with van der Waals surface area (Å²) in [6.07, 6.45) is 3.24. The van der Waals surface area contributed by atoms with E-state index in [-0.39, 0.29) is 12.6 Å². The highest BCUT2D eigenvalue weighted by molar-refractivity contribution is 6.03. The number of carbonyl (C=O) groups is 1. The molecule has 18 heavy (non-hydrogen) atoms. The number of ether oxygens (including phenoxy) is 2. The Morgan fingerprint density at radius 1 is 1.39 bits per heavy atom. The van der Waals surface area contributed by atoms with Crippen molar-refractivity contribution in [3.8, 4) is 0 Å². The molecule has 94 valence electrons. The minimum absolute atomic E-state index is 0.216. The summed E-state index contributed by atoms with van der Waals surface area (Å²) >= 11 is 0.